The topological polar surface area (TPSA) is 57.8 Å². The van der Waals surface area contributed by atoms with Gasteiger partial charge in [0.1, 0.15) is 5.82 Å². The minimum absolute atomic E-state index is 0.0255. The second-order valence-corrected chi connectivity index (χ2v) is 5.19. The predicted molar refractivity (Wildman–Crippen MR) is 68.2 cm³/mol. The molecule has 2 rings (SSSR count). The summed E-state index contributed by atoms with van der Waals surface area (Å²) in [5.41, 5.74) is 0.911. The Labute approximate surface area is 102 Å². The van der Waals surface area contributed by atoms with Crippen LogP contribution in [-0.4, -0.2) is 23.1 Å². The minimum Gasteiger partial charge on any atom is -0.316 e. The third-order valence-corrected chi connectivity index (χ3v) is 3.26. The van der Waals surface area contributed by atoms with Gasteiger partial charge in [0, 0.05) is 17.7 Å². The van der Waals surface area contributed by atoms with Crippen molar-refractivity contribution >= 4 is 0 Å². The zero-order valence-electron chi connectivity index (χ0n) is 10.6. The van der Waals surface area contributed by atoms with Crippen LogP contribution in [0.3, 0.4) is 0 Å². The highest BCUT2D eigenvalue weighted by Crippen LogP contribution is 2.15. The third kappa shape index (κ3) is 3.40. The first kappa shape index (κ1) is 12.3. The molecule has 1 fully saturated rings. The lowest BCUT2D eigenvalue weighted by molar-refractivity contribution is 0.373. The molecule has 0 aliphatic carbocycles. The van der Waals surface area contributed by atoms with Gasteiger partial charge in [-0.2, -0.15) is 0 Å². The SMILES string of the molecule is CC(C)c1nc(CC2CCCNC2)cc(=O)[nH]1. The molecule has 1 aliphatic heterocycles. The van der Waals surface area contributed by atoms with Gasteiger partial charge < -0.3 is 10.3 Å². The zero-order chi connectivity index (χ0) is 12.3. The Hall–Kier alpha value is -1.16. The largest absolute Gasteiger partial charge is 0.316 e. The quantitative estimate of drug-likeness (QED) is 0.833. The van der Waals surface area contributed by atoms with Crippen LogP contribution in [0.1, 0.15) is 44.1 Å². The minimum atomic E-state index is -0.0255. The molecule has 0 radical (unpaired) electrons. The van der Waals surface area contributed by atoms with Gasteiger partial charge in [-0.1, -0.05) is 13.8 Å². The Morgan fingerprint density at radius 1 is 1.53 bits per heavy atom. The summed E-state index contributed by atoms with van der Waals surface area (Å²) in [6, 6.07) is 1.64. The van der Waals surface area contributed by atoms with Crippen LogP contribution < -0.4 is 10.9 Å². The van der Waals surface area contributed by atoms with Crippen LogP contribution in [-0.2, 0) is 6.42 Å². The lowest BCUT2D eigenvalue weighted by atomic mass is 9.94. The highest BCUT2D eigenvalue weighted by atomic mass is 16.1. The number of H-pyrrole nitrogens is 1. The number of aromatic nitrogens is 2. The first-order valence-electron chi connectivity index (χ1n) is 6.46. The molecule has 1 atom stereocenters. The second-order valence-electron chi connectivity index (χ2n) is 5.19. The highest BCUT2D eigenvalue weighted by molar-refractivity contribution is 5.06. The summed E-state index contributed by atoms with van der Waals surface area (Å²) in [5, 5.41) is 3.39. The smallest absolute Gasteiger partial charge is 0.251 e. The van der Waals surface area contributed by atoms with Crippen LogP contribution in [0.2, 0.25) is 0 Å². The first-order chi connectivity index (χ1) is 8.15. The lowest BCUT2D eigenvalue weighted by Gasteiger charge is -2.22. The Kier molecular flexibility index (Phi) is 3.94. The fraction of sp³-hybridized carbons (Fsp3) is 0.692. The van der Waals surface area contributed by atoms with Crippen molar-refractivity contribution in [3.63, 3.8) is 0 Å². The number of hydrogen-bond donors (Lipinski definition) is 2. The van der Waals surface area contributed by atoms with Gasteiger partial charge >= 0.3 is 0 Å². The maximum Gasteiger partial charge on any atom is 0.251 e. The van der Waals surface area contributed by atoms with Crippen molar-refractivity contribution in [2.75, 3.05) is 13.1 Å². The van der Waals surface area contributed by atoms with Gasteiger partial charge in [0.05, 0.1) is 0 Å². The van der Waals surface area contributed by atoms with Crippen LogP contribution in [0.5, 0.6) is 0 Å². The monoisotopic (exact) mass is 235 g/mol. The van der Waals surface area contributed by atoms with E-state index in [9.17, 15) is 4.79 Å². The third-order valence-electron chi connectivity index (χ3n) is 3.26. The average Bonchev–Trinajstić information content (AvgIpc) is 2.29. The summed E-state index contributed by atoms with van der Waals surface area (Å²) < 4.78 is 0. The Bertz CT molecular complexity index is 419. The summed E-state index contributed by atoms with van der Waals surface area (Å²) in [4.78, 5) is 18.9. The molecule has 0 aromatic carbocycles. The van der Waals surface area contributed by atoms with Crippen molar-refractivity contribution in [1.82, 2.24) is 15.3 Å². The van der Waals surface area contributed by atoms with Crippen molar-refractivity contribution in [2.24, 2.45) is 5.92 Å². The number of aromatic amines is 1. The van der Waals surface area contributed by atoms with Gasteiger partial charge in [-0.15, -0.1) is 0 Å². The van der Waals surface area contributed by atoms with Gasteiger partial charge in [-0.25, -0.2) is 4.98 Å². The van der Waals surface area contributed by atoms with Crippen molar-refractivity contribution in [3.05, 3.63) is 27.9 Å². The molecule has 1 saturated heterocycles. The molecule has 17 heavy (non-hydrogen) atoms. The molecule has 94 valence electrons. The molecular formula is C13H21N3O. The number of hydrogen-bond acceptors (Lipinski definition) is 3. The van der Waals surface area contributed by atoms with E-state index < -0.39 is 0 Å². The second kappa shape index (κ2) is 5.45. The molecule has 1 aliphatic rings. The molecule has 0 spiro atoms. The van der Waals surface area contributed by atoms with Crippen molar-refractivity contribution in [3.8, 4) is 0 Å². The first-order valence-corrected chi connectivity index (χ1v) is 6.46. The van der Waals surface area contributed by atoms with E-state index in [0.717, 1.165) is 31.0 Å². The van der Waals surface area contributed by atoms with E-state index in [4.69, 9.17) is 0 Å². The molecule has 4 nitrogen and oxygen atoms in total. The molecular weight excluding hydrogens is 214 g/mol. The molecule has 0 amide bonds. The normalized spacial score (nSPS) is 20.8. The van der Waals surface area contributed by atoms with E-state index in [-0.39, 0.29) is 11.5 Å². The van der Waals surface area contributed by atoms with Gasteiger partial charge in [0.15, 0.2) is 0 Å². The Morgan fingerprint density at radius 3 is 3.00 bits per heavy atom. The lowest BCUT2D eigenvalue weighted by Crippen LogP contribution is -2.31. The molecule has 2 heterocycles. The summed E-state index contributed by atoms with van der Waals surface area (Å²) in [5.74, 6) is 1.70. The van der Waals surface area contributed by atoms with E-state index in [2.05, 4.69) is 15.3 Å². The average molecular weight is 235 g/mol. The van der Waals surface area contributed by atoms with Crippen molar-refractivity contribution in [1.29, 1.82) is 0 Å². The maximum atomic E-state index is 11.5. The van der Waals surface area contributed by atoms with Crippen LogP contribution in [0.25, 0.3) is 0 Å². The van der Waals surface area contributed by atoms with Gasteiger partial charge in [0.2, 0.25) is 0 Å². The highest BCUT2D eigenvalue weighted by Gasteiger charge is 2.15. The predicted octanol–water partition coefficient (Wildman–Crippen LogP) is 1.44. The Balaban J connectivity index is 2.11. The molecule has 0 saturated carbocycles. The number of rotatable bonds is 3. The van der Waals surface area contributed by atoms with Gasteiger partial charge in [-0.3, -0.25) is 4.79 Å². The van der Waals surface area contributed by atoms with Crippen molar-refractivity contribution in [2.45, 2.75) is 39.0 Å². The van der Waals surface area contributed by atoms with E-state index in [1.807, 2.05) is 13.8 Å². The van der Waals surface area contributed by atoms with E-state index in [1.165, 1.54) is 12.8 Å². The van der Waals surface area contributed by atoms with Crippen LogP contribution in [0, 0.1) is 5.92 Å². The summed E-state index contributed by atoms with van der Waals surface area (Å²) in [7, 11) is 0. The van der Waals surface area contributed by atoms with Crippen LogP contribution in [0.4, 0.5) is 0 Å². The summed E-state index contributed by atoms with van der Waals surface area (Å²) in [6.07, 6.45) is 3.38. The molecule has 1 unspecified atom stereocenters. The summed E-state index contributed by atoms with van der Waals surface area (Å²) >= 11 is 0. The fourth-order valence-corrected chi connectivity index (χ4v) is 2.30. The molecule has 0 bridgehead atoms. The van der Waals surface area contributed by atoms with Gasteiger partial charge in [-0.05, 0) is 38.3 Å². The number of nitrogens with one attached hydrogen (secondary N) is 2. The van der Waals surface area contributed by atoms with E-state index in [0.29, 0.717) is 5.92 Å². The molecule has 1 aromatic heterocycles. The molecule has 2 N–H and O–H groups in total. The van der Waals surface area contributed by atoms with Gasteiger partial charge in [0.25, 0.3) is 5.56 Å². The standard InChI is InChI=1S/C13H21N3O/c1-9(2)13-15-11(7-12(17)16-13)6-10-4-3-5-14-8-10/h7,9-10,14H,3-6,8H2,1-2H3,(H,15,16,17). The number of nitrogens with zero attached hydrogens (tertiary/aromatic N) is 1. The van der Waals surface area contributed by atoms with E-state index in [1.54, 1.807) is 6.07 Å². The van der Waals surface area contributed by atoms with Crippen molar-refractivity contribution < 1.29 is 0 Å². The number of piperidine rings is 1. The maximum absolute atomic E-state index is 11.5. The Morgan fingerprint density at radius 2 is 2.35 bits per heavy atom. The molecule has 4 heteroatoms. The van der Waals surface area contributed by atoms with Crippen LogP contribution >= 0.6 is 0 Å². The fourth-order valence-electron chi connectivity index (χ4n) is 2.30. The molecule has 1 aromatic rings. The van der Waals surface area contributed by atoms with Crippen LogP contribution in [0.15, 0.2) is 10.9 Å². The van der Waals surface area contributed by atoms with E-state index >= 15 is 0 Å². The summed E-state index contributed by atoms with van der Waals surface area (Å²) in [6.45, 7) is 6.26. The zero-order valence-corrected chi connectivity index (χ0v) is 10.6.